The molecule has 0 aromatic rings. The number of aliphatic hydroxyl groups is 1. The van der Waals surface area contributed by atoms with Crippen LogP contribution in [0, 0.1) is 0 Å². The summed E-state index contributed by atoms with van der Waals surface area (Å²) < 4.78 is 0. The van der Waals surface area contributed by atoms with Gasteiger partial charge >= 0.3 is 17.9 Å². The van der Waals surface area contributed by atoms with E-state index in [4.69, 9.17) is 26.2 Å². The average Bonchev–Trinajstić information content (AvgIpc) is 2.41. The maximum atomic E-state index is 11.8. The molecule has 0 spiro atoms. The second kappa shape index (κ2) is 9.32. The van der Waals surface area contributed by atoms with Crippen LogP contribution in [0.1, 0.15) is 12.8 Å². The molecule has 0 aromatic carbocycles. The van der Waals surface area contributed by atoms with Crippen LogP contribution < -0.4 is 16.4 Å². The Kier molecular flexibility index (Phi) is 8.21. The summed E-state index contributed by atoms with van der Waals surface area (Å²) >= 11 is 0. The van der Waals surface area contributed by atoms with Crippen molar-refractivity contribution in [3.05, 3.63) is 0 Å². The van der Waals surface area contributed by atoms with Crippen LogP contribution in [0.2, 0.25) is 0 Å². The predicted octanol–water partition coefficient (Wildman–Crippen LogP) is -3.69. The van der Waals surface area contributed by atoms with Gasteiger partial charge in [-0.25, -0.2) is 4.79 Å². The van der Waals surface area contributed by atoms with E-state index in [1.54, 1.807) is 0 Å². The number of aliphatic hydroxyl groups excluding tert-OH is 1. The first kappa shape index (κ1) is 20.3. The monoisotopic (exact) mass is 335 g/mol. The lowest BCUT2D eigenvalue weighted by molar-refractivity contribution is -0.145. The zero-order chi connectivity index (χ0) is 18.2. The van der Waals surface area contributed by atoms with Gasteiger partial charge in [0.25, 0.3) is 0 Å². The van der Waals surface area contributed by atoms with Gasteiger partial charge in [-0.2, -0.15) is 0 Å². The minimum Gasteiger partial charge on any atom is -0.481 e. The zero-order valence-corrected chi connectivity index (χ0v) is 11.8. The van der Waals surface area contributed by atoms with Crippen LogP contribution in [0.5, 0.6) is 0 Å². The van der Waals surface area contributed by atoms with Gasteiger partial charge in [0, 0.05) is 0 Å². The molecular formula is C11H17N3O9. The van der Waals surface area contributed by atoms with Crippen molar-refractivity contribution < 1.29 is 44.4 Å². The third kappa shape index (κ3) is 7.73. The molecule has 0 aromatic heterocycles. The molecule has 12 heteroatoms. The van der Waals surface area contributed by atoms with Crippen LogP contribution in [-0.2, 0) is 24.0 Å². The Morgan fingerprint density at radius 2 is 1.30 bits per heavy atom. The maximum Gasteiger partial charge on any atom is 0.328 e. The van der Waals surface area contributed by atoms with Gasteiger partial charge in [0.1, 0.15) is 12.1 Å². The van der Waals surface area contributed by atoms with Gasteiger partial charge in [0.2, 0.25) is 11.8 Å². The number of carbonyl (C=O) groups excluding carboxylic acids is 2. The minimum absolute atomic E-state index is 0.748. The Morgan fingerprint density at radius 1 is 0.826 bits per heavy atom. The Bertz CT molecular complexity index is 493. The van der Waals surface area contributed by atoms with Gasteiger partial charge in [-0.05, 0) is 0 Å². The highest BCUT2D eigenvalue weighted by Gasteiger charge is 2.29. The van der Waals surface area contributed by atoms with Gasteiger partial charge in [-0.3, -0.25) is 19.2 Å². The van der Waals surface area contributed by atoms with Crippen molar-refractivity contribution in [3.8, 4) is 0 Å². The van der Waals surface area contributed by atoms with E-state index < -0.39 is 67.3 Å². The van der Waals surface area contributed by atoms with Gasteiger partial charge in [-0.15, -0.1) is 0 Å². The summed E-state index contributed by atoms with van der Waals surface area (Å²) in [7, 11) is 0. The molecule has 0 aliphatic carbocycles. The van der Waals surface area contributed by atoms with Crippen LogP contribution in [0.4, 0.5) is 0 Å². The summed E-state index contributed by atoms with van der Waals surface area (Å²) in [5.74, 6) is -6.69. The summed E-state index contributed by atoms with van der Waals surface area (Å²) in [6, 6.07) is -4.90. The Morgan fingerprint density at radius 3 is 1.70 bits per heavy atom. The number of carbonyl (C=O) groups is 5. The lowest BCUT2D eigenvalue weighted by Crippen LogP contribution is -2.55. The van der Waals surface area contributed by atoms with Crippen molar-refractivity contribution in [1.29, 1.82) is 0 Å². The van der Waals surface area contributed by atoms with E-state index in [0.717, 1.165) is 0 Å². The summed E-state index contributed by atoms with van der Waals surface area (Å²) in [4.78, 5) is 55.3. The molecule has 8 N–H and O–H groups in total. The number of carboxylic acids is 3. The van der Waals surface area contributed by atoms with E-state index in [9.17, 15) is 24.0 Å². The second-order valence-electron chi connectivity index (χ2n) is 4.45. The first-order chi connectivity index (χ1) is 10.6. The van der Waals surface area contributed by atoms with Gasteiger partial charge in [0.05, 0.1) is 25.5 Å². The number of nitrogens with one attached hydrogen (secondary N) is 2. The SMILES string of the molecule is NC(CC(=O)O)C(=O)NC(CC(=O)O)C(=O)NC(CO)C(=O)O. The van der Waals surface area contributed by atoms with Gasteiger partial charge < -0.3 is 36.8 Å². The molecule has 2 amide bonds. The second-order valence-corrected chi connectivity index (χ2v) is 4.45. The third-order valence-electron chi connectivity index (χ3n) is 2.54. The van der Waals surface area contributed by atoms with Gasteiger partial charge in [-0.1, -0.05) is 0 Å². The molecule has 0 aliphatic heterocycles. The fourth-order valence-corrected chi connectivity index (χ4v) is 1.40. The molecule has 0 radical (unpaired) electrons. The van der Waals surface area contributed by atoms with Gasteiger partial charge in [0.15, 0.2) is 0 Å². The summed E-state index contributed by atoms with van der Waals surface area (Å²) in [6.07, 6.45) is -1.64. The third-order valence-corrected chi connectivity index (χ3v) is 2.54. The molecule has 0 fully saturated rings. The van der Waals surface area contributed by atoms with Crippen LogP contribution in [-0.4, -0.2) is 74.9 Å². The van der Waals surface area contributed by atoms with Crippen molar-refractivity contribution in [3.63, 3.8) is 0 Å². The Labute approximate surface area is 129 Å². The molecule has 0 aliphatic rings. The molecule has 0 rings (SSSR count). The molecule has 3 unspecified atom stereocenters. The highest BCUT2D eigenvalue weighted by molar-refractivity contribution is 5.94. The first-order valence-electron chi connectivity index (χ1n) is 6.22. The fourth-order valence-electron chi connectivity index (χ4n) is 1.40. The Hall–Kier alpha value is -2.73. The normalized spacial score (nSPS) is 14.2. The molecule has 0 bridgehead atoms. The quantitative estimate of drug-likeness (QED) is 0.207. The average molecular weight is 335 g/mol. The van der Waals surface area contributed by atoms with Crippen molar-refractivity contribution in [2.45, 2.75) is 31.0 Å². The zero-order valence-electron chi connectivity index (χ0n) is 11.8. The van der Waals surface area contributed by atoms with E-state index in [1.807, 2.05) is 10.6 Å². The molecule has 0 heterocycles. The molecule has 23 heavy (non-hydrogen) atoms. The number of rotatable bonds is 10. The van der Waals surface area contributed by atoms with Crippen LogP contribution in [0.15, 0.2) is 0 Å². The van der Waals surface area contributed by atoms with Crippen molar-refractivity contribution in [2.75, 3.05) is 6.61 Å². The smallest absolute Gasteiger partial charge is 0.328 e. The highest BCUT2D eigenvalue weighted by atomic mass is 16.4. The minimum atomic E-state index is -1.69. The standard InChI is InChI=1S/C11H17N3O9/c12-4(1-7(16)17)9(20)13-5(2-8(18)19)10(21)14-6(3-15)11(22)23/h4-6,15H,1-3,12H2,(H,13,20)(H,14,21)(H,16,17)(H,18,19)(H,22,23). The number of hydrogen-bond acceptors (Lipinski definition) is 7. The molecule has 0 saturated carbocycles. The molecule has 130 valence electrons. The highest BCUT2D eigenvalue weighted by Crippen LogP contribution is 1.98. The number of hydrogen-bond donors (Lipinski definition) is 7. The summed E-state index contributed by atoms with van der Waals surface area (Å²) in [5.41, 5.74) is 5.27. The van der Waals surface area contributed by atoms with E-state index >= 15 is 0 Å². The maximum absolute atomic E-state index is 11.8. The lowest BCUT2D eigenvalue weighted by Gasteiger charge is -2.20. The Balaban J connectivity index is 4.96. The van der Waals surface area contributed by atoms with Crippen LogP contribution >= 0.6 is 0 Å². The fraction of sp³-hybridized carbons (Fsp3) is 0.545. The summed E-state index contributed by atoms with van der Waals surface area (Å²) in [5, 5.41) is 38.5. The number of carboxylic acid groups (broad SMARTS) is 3. The molecule has 0 saturated heterocycles. The largest absolute Gasteiger partial charge is 0.481 e. The van der Waals surface area contributed by atoms with E-state index in [2.05, 4.69) is 0 Å². The first-order valence-corrected chi connectivity index (χ1v) is 6.22. The van der Waals surface area contributed by atoms with Crippen LogP contribution in [0.25, 0.3) is 0 Å². The van der Waals surface area contributed by atoms with Crippen molar-refractivity contribution >= 4 is 29.7 Å². The van der Waals surface area contributed by atoms with E-state index in [1.165, 1.54) is 0 Å². The van der Waals surface area contributed by atoms with E-state index in [-0.39, 0.29) is 0 Å². The number of nitrogens with two attached hydrogens (primary N) is 1. The molecule has 12 nitrogen and oxygen atoms in total. The lowest BCUT2D eigenvalue weighted by atomic mass is 10.1. The van der Waals surface area contributed by atoms with Crippen LogP contribution in [0.3, 0.4) is 0 Å². The molecular weight excluding hydrogens is 318 g/mol. The molecule has 3 atom stereocenters. The predicted molar refractivity (Wildman–Crippen MR) is 71.1 cm³/mol. The summed E-state index contributed by atoms with van der Waals surface area (Å²) in [6.45, 7) is -0.951. The van der Waals surface area contributed by atoms with Crippen molar-refractivity contribution in [2.24, 2.45) is 5.73 Å². The van der Waals surface area contributed by atoms with Crippen molar-refractivity contribution in [1.82, 2.24) is 10.6 Å². The number of aliphatic carboxylic acids is 3. The number of amides is 2. The topological polar surface area (TPSA) is 216 Å². The van der Waals surface area contributed by atoms with E-state index in [0.29, 0.717) is 0 Å².